The number of nitrogens with one attached hydrogen (secondary N) is 2. The first-order valence-electron chi connectivity index (χ1n) is 7.27. The molecule has 2 fully saturated rings. The molecule has 1 aromatic rings. The van der Waals surface area contributed by atoms with E-state index >= 15 is 0 Å². The van der Waals surface area contributed by atoms with E-state index in [-0.39, 0.29) is 17.2 Å². The SMILES string of the molecule is O=C1NC2(CCNC2)C(=O)N1CC1Cc2ccccc2S1. The van der Waals surface area contributed by atoms with Crippen LogP contribution in [0.1, 0.15) is 12.0 Å². The van der Waals surface area contributed by atoms with E-state index in [9.17, 15) is 9.59 Å². The highest BCUT2D eigenvalue weighted by Crippen LogP contribution is 2.38. The van der Waals surface area contributed by atoms with E-state index in [2.05, 4.69) is 22.8 Å². The number of carbonyl (C=O) groups is 2. The maximum atomic E-state index is 12.6. The molecule has 3 aliphatic heterocycles. The van der Waals surface area contributed by atoms with Crippen molar-refractivity contribution in [1.29, 1.82) is 0 Å². The van der Waals surface area contributed by atoms with Gasteiger partial charge in [0.25, 0.3) is 5.91 Å². The third-order valence-electron chi connectivity index (χ3n) is 4.50. The topological polar surface area (TPSA) is 61.4 Å². The maximum absolute atomic E-state index is 12.6. The van der Waals surface area contributed by atoms with Gasteiger partial charge in [0.05, 0.1) is 0 Å². The molecule has 1 aromatic carbocycles. The van der Waals surface area contributed by atoms with Crippen molar-refractivity contribution in [3.05, 3.63) is 29.8 Å². The smallest absolute Gasteiger partial charge is 0.322 e. The molecule has 0 saturated carbocycles. The quantitative estimate of drug-likeness (QED) is 0.800. The summed E-state index contributed by atoms with van der Waals surface area (Å²) in [5, 5.41) is 6.32. The van der Waals surface area contributed by atoms with Gasteiger partial charge in [-0.1, -0.05) is 18.2 Å². The van der Waals surface area contributed by atoms with Gasteiger partial charge in [0.1, 0.15) is 5.54 Å². The standard InChI is InChI=1S/C15H17N3O2S/c19-13-15(5-6-16-9-15)17-14(20)18(13)8-11-7-10-3-1-2-4-12(10)21-11/h1-4,11,16H,5-9H2,(H,17,20). The third kappa shape index (κ3) is 2.05. The highest BCUT2D eigenvalue weighted by atomic mass is 32.2. The number of carbonyl (C=O) groups excluding carboxylic acids is 2. The summed E-state index contributed by atoms with van der Waals surface area (Å²) in [5.74, 6) is -0.0611. The predicted molar refractivity (Wildman–Crippen MR) is 80.3 cm³/mol. The Balaban J connectivity index is 1.49. The molecule has 6 heteroatoms. The zero-order valence-corrected chi connectivity index (χ0v) is 12.4. The lowest BCUT2D eigenvalue weighted by Gasteiger charge is -2.20. The van der Waals surface area contributed by atoms with Crippen molar-refractivity contribution in [3.8, 4) is 0 Å². The van der Waals surface area contributed by atoms with Crippen molar-refractivity contribution >= 4 is 23.7 Å². The second kappa shape index (κ2) is 4.74. The molecule has 3 heterocycles. The summed E-state index contributed by atoms with van der Waals surface area (Å²) in [6.45, 7) is 1.82. The van der Waals surface area contributed by atoms with Gasteiger partial charge in [-0.05, 0) is 31.0 Å². The molecule has 2 atom stereocenters. The summed E-state index contributed by atoms with van der Waals surface area (Å²) in [4.78, 5) is 27.4. The fraction of sp³-hybridized carbons (Fsp3) is 0.467. The number of fused-ring (bicyclic) bond motifs is 1. The van der Waals surface area contributed by atoms with Crippen LogP contribution in [-0.4, -0.2) is 47.3 Å². The van der Waals surface area contributed by atoms with Crippen molar-refractivity contribution in [3.63, 3.8) is 0 Å². The van der Waals surface area contributed by atoms with Crippen LogP contribution in [-0.2, 0) is 11.2 Å². The lowest BCUT2D eigenvalue weighted by atomic mass is 9.99. The van der Waals surface area contributed by atoms with Gasteiger partial charge in [-0.15, -0.1) is 11.8 Å². The second-order valence-electron chi connectivity index (χ2n) is 5.91. The minimum atomic E-state index is -0.687. The van der Waals surface area contributed by atoms with Crippen LogP contribution >= 0.6 is 11.8 Å². The Labute approximate surface area is 127 Å². The largest absolute Gasteiger partial charge is 0.325 e. The van der Waals surface area contributed by atoms with Gasteiger partial charge in [-0.2, -0.15) is 0 Å². The number of hydrogen-bond acceptors (Lipinski definition) is 4. The molecule has 5 nitrogen and oxygen atoms in total. The molecule has 4 rings (SSSR count). The Morgan fingerprint density at radius 3 is 2.95 bits per heavy atom. The zero-order valence-electron chi connectivity index (χ0n) is 11.6. The molecule has 2 saturated heterocycles. The number of thioether (sulfide) groups is 1. The van der Waals surface area contributed by atoms with Crippen molar-refractivity contribution < 1.29 is 9.59 Å². The van der Waals surface area contributed by atoms with Crippen LogP contribution in [0.15, 0.2) is 29.2 Å². The molecule has 2 N–H and O–H groups in total. The van der Waals surface area contributed by atoms with Gasteiger partial charge in [-0.25, -0.2) is 4.79 Å². The van der Waals surface area contributed by atoms with Crippen molar-refractivity contribution in [2.45, 2.75) is 28.5 Å². The highest BCUT2D eigenvalue weighted by molar-refractivity contribution is 8.00. The van der Waals surface area contributed by atoms with Crippen molar-refractivity contribution in [1.82, 2.24) is 15.5 Å². The molecule has 1 spiro atoms. The van der Waals surface area contributed by atoms with Crippen LogP contribution in [0.25, 0.3) is 0 Å². The zero-order chi connectivity index (χ0) is 14.4. The van der Waals surface area contributed by atoms with Gasteiger partial charge in [-0.3, -0.25) is 9.69 Å². The van der Waals surface area contributed by atoms with E-state index in [0.29, 0.717) is 19.5 Å². The van der Waals surface area contributed by atoms with E-state index in [1.807, 2.05) is 12.1 Å². The summed E-state index contributed by atoms with van der Waals surface area (Å²) in [7, 11) is 0. The van der Waals surface area contributed by atoms with Gasteiger partial charge in [0.15, 0.2) is 0 Å². The lowest BCUT2D eigenvalue weighted by molar-refractivity contribution is -0.130. The van der Waals surface area contributed by atoms with E-state index in [0.717, 1.165) is 13.0 Å². The van der Waals surface area contributed by atoms with Gasteiger partial charge in [0, 0.05) is 23.2 Å². The Hall–Kier alpha value is -1.53. The Morgan fingerprint density at radius 1 is 1.33 bits per heavy atom. The Morgan fingerprint density at radius 2 is 2.19 bits per heavy atom. The fourth-order valence-electron chi connectivity index (χ4n) is 3.38. The Bertz CT molecular complexity index is 588. The number of imide groups is 1. The fourth-order valence-corrected chi connectivity index (χ4v) is 4.69. The minimum Gasteiger partial charge on any atom is -0.322 e. The second-order valence-corrected chi connectivity index (χ2v) is 7.25. The molecule has 3 aliphatic rings. The van der Waals surface area contributed by atoms with E-state index in [4.69, 9.17) is 0 Å². The number of hydrogen-bond donors (Lipinski definition) is 2. The van der Waals surface area contributed by atoms with Crippen molar-refractivity contribution in [2.24, 2.45) is 0 Å². The summed E-state index contributed by atoms with van der Waals surface area (Å²) < 4.78 is 0. The van der Waals surface area contributed by atoms with Gasteiger partial charge >= 0.3 is 6.03 Å². The summed E-state index contributed by atoms with van der Waals surface area (Å²) >= 11 is 1.77. The van der Waals surface area contributed by atoms with E-state index in [1.165, 1.54) is 15.4 Å². The number of nitrogens with zero attached hydrogens (tertiary/aromatic N) is 1. The normalized spacial score (nSPS) is 31.0. The number of benzene rings is 1. The molecule has 110 valence electrons. The average molecular weight is 303 g/mol. The molecular formula is C15H17N3O2S. The van der Waals surface area contributed by atoms with Gasteiger partial charge < -0.3 is 10.6 Å². The van der Waals surface area contributed by atoms with Crippen LogP contribution in [0.4, 0.5) is 4.79 Å². The average Bonchev–Trinajstić information content (AvgIpc) is 3.14. The minimum absolute atomic E-state index is 0.0611. The molecule has 0 aromatic heterocycles. The summed E-state index contributed by atoms with van der Waals surface area (Å²) in [6, 6.07) is 8.06. The van der Waals surface area contributed by atoms with Gasteiger partial charge in [0.2, 0.25) is 0 Å². The first-order chi connectivity index (χ1) is 10.2. The first kappa shape index (κ1) is 13.2. The lowest BCUT2D eigenvalue weighted by Crippen LogP contribution is -2.49. The maximum Gasteiger partial charge on any atom is 0.325 e. The monoisotopic (exact) mass is 303 g/mol. The van der Waals surface area contributed by atoms with E-state index in [1.54, 1.807) is 11.8 Å². The molecule has 0 aliphatic carbocycles. The predicted octanol–water partition coefficient (Wildman–Crippen LogP) is 0.987. The number of urea groups is 1. The van der Waals surface area contributed by atoms with Crippen LogP contribution in [0.5, 0.6) is 0 Å². The van der Waals surface area contributed by atoms with Crippen LogP contribution in [0, 0.1) is 0 Å². The van der Waals surface area contributed by atoms with E-state index < -0.39 is 5.54 Å². The number of amides is 3. The Kier molecular flexibility index (Phi) is 2.97. The highest BCUT2D eigenvalue weighted by Gasteiger charge is 2.53. The molecule has 0 radical (unpaired) electrons. The first-order valence-corrected chi connectivity index (χ1v) is 8.15. The van der Waals surface area contributed by atoms with Crippen molar-refractivity contribution in [2.75, 3.05) is 19.6 Å². The van der Waals surface area contributed by atoms with Crippen LogP contribution in [0.3, 0.4) is 0 Å². The summed E-state index contributed by atoms with van der Waals surface area (Å²) in [6.07, 6.45) is 1.61. The van der Waals surface area contributed by atoms with Crippen LogP contribution < -0.4 is 10.6 Å². The summed E-state index contributed by atoms with van der Waals surface area (Å²) in [5.41, 5.74) is 0.629. The van der Waals surface area contributed by atoms with Crippen LogP contribution in [0.2, 0.25) is 0 Å². The molecule has 2 unspecified atom stereocenters. The molecule has 0 bridgehead atoms. The third-order valence-corrected chi connectivity index (χ3v) is 5.80. The molecular weight excluding hydrogens is 286 g/mol. The number of rotatable bonds is 2. The molecule has 3 amide bonds. The molecule has 21 heavy (non-hydrogen) atoms.